The lowest BCUT2D eigenvalue weighted by atomic mass is 10.2. The molecule has 2 aromatic heterocycles. The number of aromatic carboxylic acids is 1. The Bertz CT molecular complexity index is 657. The first-order chi connectivity index (χ1) is 10.0. The highest BCUT2D eigenvalue weighted by Gasteiger charge is 2.18. The van der Waals surface area contributed by atoms with E-state index in [1.165, 1.54) is 11.8 Å². The van der Waals surface area contributed by atoms with E-state index in [4.69, 9.17) is 0 Å². The number of aryl methyl sites for hydroxylation is 3. The van der Waals surface area contributed by atoms with Gasteiger partial charge in [-0.15, -0.1) is 5.10 Å². The van der Waals surface area contributed by atoms with Gasteiger partial charge in [-0.1, -0.05) is 18.7 Å². The smallest absolute Gasteiger partial charge is 0.340 e. The van der Waals surface area contributed by atoms with Crippen LogP contribution in [-0.2, 0) is 12.3 Å². The molecule has 8 nitrogen and oxygen atoms in total. The summed E-state index contributed by atoms with van der Waals surface area (Å²) >= 11 is 1.31. The summed E-state index contributed by atoms with van der Waals surface area (Å²) in [6.07, 6.45) is 0.925. The number of hydrogen-bond donors (Lipinski definition) is 1. The van der Waals surface area contributed by atoms with E-state index >= 15 is 0 Å². The van der Waals surface area contributed by atoms with Gasteiger partial charge in [-0.2, -0.15) is 0 Å². The largest absolute Gasteiger partial charge is 0.478 e. The Morgan fingerprint density at radius 1 is 1.33 bits per heavy atom. The lowest BCUT2D eigenvalue weighted by Crippen LogP contribution is -2.09. The van der Waals surface area contributed by atoms with Crippen LogP contribution in [0.5, 0.6) is 0 Å². The van der Waals surface area contributed by atoms with Crippen LogP contribution in [0.15, 0.2) is 5.03 Å². The van der Waals surface area contributed by atoms with Gasteiger partial charge in [0.2, 0.25) is 0 Å². The van der Waals surface area contributed by atoms with Crippen molar-refractivity contribution in [3.8, 4) is 0 Å². The molecule has 0 spiro atoms. The quantitative estimate of drug-likeness (QED) is 0.631. The molecule has 112 valence electrons. The van der Waals surface area contributed by atoms with Crippen molar-refractivity contribution in [3.05, 3.63) is 22.9 Å². The summed E-state index contributed by atoms with van der Waals surface area (Å²) in [7, 11) is 0. The fourth-order valence-corrected chi connectivity index (χ4v) is 2.93. The molecule has 9 heteroatoms. The highest BCUT2D eigenvalue weighted by Crippen LogP contribution is 2.25. The molecule has 21 heavy (non-hydrogen) atoms. The summed E-state index contributed by atoms with van der Waals surface area (Å²) in [6, 6.07) is 0. The van der Waals surface area contributed by atoms with Gasteiger partial charge in [0.05, 0.1) is 11.4 Å². The number of hydrogen-bond acceptors (Lipinski definition) is 7. The number of tetrazole rings is 1. The van der Waals surface area contributed by atoms with Crippen molar-refractivity contribution in [3.63, 3.8) is 0 Å². The van der Waals surface area contributed by atoms with Crippen molar-refractivity contribution in [2.45, 2.75) is 44.5 Å². The molecule has 2 rings (SSSR count). The number of aromatic nitrogens is 6. The first-order valence-electron chi connectivity index (χ1n) is 6.49. The van der Waals surface area contributed by atoms with Crippen molar-refractivity contribution in [2.24, 2.45) is 0 Å². The molecule has 0 amide bonds. The van der Waals surface area contributed by atoms with Crippen molar-refractivity contribution in [2.75, 3.05) is 0 Å². The van der Waals surface area contributed by atoms with Crippen LogP contribution in [0.3, 0.4) is 0 Å². The molecule has 0 aliphatic carbocycles. The van der Waals surface area contributed by atoms with Crippen molar-refractivity contribution < 1.29 is 9.90 Å². The van der Waals surface area contributed by atoms with Crippen LogP contribution in [0, 0.1) is 13.8 Å². The Morgan fingerprint density at radius 3 is 2.76 bits per heavy atom. The van der Waals surface area contributed by atoms with Gasteiger partial charge < -0.3 is 5.11 Å². The SMILES string of the molecule is CCCn1nnnc1CSc1nc(C)nc(C)c1C(=O)O. The van der Waals surface area contributed by atoms with Gasteiger partial charge in [-0.25, -0.2) is 19.4 Å². The molecule has 2 heterocycles. The lowest BCUT2D eigenvalue weighted by Gasteiger charge is -2.08. The maximum atomic E-state index is 11.3. The van der Waals surface area contributed by atoms with E-state index in [1.54, 1.807) is 18.5 Å². The molecule has 2 aromatic rings. The Balaban J connectivity index is 2.23. The Labute approximate surface area is 126 Å². The summed E-state index contributed by atoms with van der Waals surface area (Å²) < 4.78 is 1.72. The average Bonchev–Trinajstić information content (AvgIpc) is 2.83. The van der Waals surface area contributed by atoms with E-state index < -0.39 is 5.97 Å². The third kappa shape index (κ3) is 3.54. The zero-order valence-corrected chi connectivity index (χ0v) is 12.9. The van der Waals surface area contributed by atoms with Gasteiger partial charge in [-0.05, 0) is 30.7 Å². The van der Waals surface area contributed by atoms with Gasteiger partial charge >= 0.3 is 5.97 Å². The van der Waals surface area contributed by atoms with Crippen molar-refractivity contribution >= 4 is 17.7 Å². The number of thioether (sulfide) groups is 1. The first kappa shape index (κ1) is 15.4. The zero-order chi connectivity index (χ0) is 15.4. The van der Waals surface area contributed by atoms with Gasteiger partial charge in [0, 0.05) is 6.54 Å². The Hall–Kier alpha value is -2.03. The standard InChI is InChI=1S/C12H16N6O2S/c1-4-5-18-9(15-16-17-18)6-21-11-10(12(19)20)7(2)13-8(3)14-11/h4-6H2,1-3H3,(H,19,20). The fraction of sp³-hybridized carbons (Fsp3) is 0.500. The summed E-state index contributed by atoms with van der Waals surface area (Å²) in [6.45, 7) is 6.18. The van der Waals surface area contributed by atoms with Crippen molar-refractivity contribution in [1.82, 2.24) is 30.2 Å². The van der Waals surface area contributed by atoms with Crippen LogP contribution in [0.2, 0.25) is 0 Å². The lowest BCUT2D eigenvalue weighted by molar-refractivity contribution is 0.0690. The van der Waals surface area contributed by atoms with Crippen molar-refractivity contribution in [1.29, 1.82) is 0 Å². The molecular formula is C12H16N6O2S. The second-order valence-corrected chi connectivity index (χ2v) is 5.41. The number of carboxylic acids is 1. The number of nitrogens with zero attached hydrogens (tertiary/aromatic N) is 6. The molecule has 0 atom stereocenters. The van der Waals surface area contributed by atoms with E-state index in [1.807, 2.05) is 6.92 Å². The first-order valence-corrected chi connectivity index (χ1v) is 7.47. The molecule has 0 saturated heterocycles. The molecule has 0 radical (unpaired) electrons. The summed E-state index contributed by atoms with van der Waals surface area (Å²) in [4.78, 5) is 19.7. The van der Waals surface area contributed by atoms with Crippen LogP contribution < -0.4 is 0 Å². The van der Waals surface area contributed by atoms with Gasteiger partial charge in [0.1, 0.15) is 16.4 Å². The van der Waals surface area contributed by atoms with Crippen LogP contribution in [0.4, 0.5) is 0 Å². The van der Waals surface area contributed by atoms with E-state index in [0.717, 1.165) is 13.0 Å². The Kier molecular flexibility index (Phi) is 4.84. The number of carboxylic acid groups (broad SMARTS) is 1. The average molecular weight is 308 g/mol. The summed E-state index contributed by atoms with van der Waals surface area (Å²) in [5, 5.41) is 21.2. The van der Waals surface area contributed by atoms with Gasteiger partial charge in [0.15, 0.2) is 5.82 Å². The second-order valence-electron chi connectivity index (χ2n) is 4.45. The monoisotopic (exact) mass is 308 g/mol. The van der Waals surface area contributed by atoms with E-state index in [-0.39, 0.29) is 5.56 Å². The van der Waals surface area contributed by atoms with E-state index in [2.05, 4.69) is 25.5 Å². The fourth-order valence-electron chi connectivity index (χ4n) is 1.88. The predicted octanol–water partition coefficient (Wildman–Crippen LogP) is 1.48. The van der Waals surface area contributed by atoms with Gasteiger partial charge in [-0.3, -0.25) is 0 Å². The van der Waals surface area contributed by atoms with Crippen LogP contribution >= 0.6 is 11.8 Å². The third-order valence-corrected chi connectivity index (χ3v) is 3.73. The minimum absolute atomic E-state index is 0.139. The summed E-state index contributed by atoms with van der Waals surface area (Å²) in [5.74, 6) is 0.687. The molecule has 1 N–H and O–H groups in total. The highest BCUT2D eigenvalue weighted by atomic mass is 32.2. The van der Waals surface area contributed by atoms with E-state index in [0.29, 0.717) is 28.1 Å². The predicted molar refractivity (Wildman–Crippen MR) is 76.1 cm³/mol. The molecule has 0 aliphatic rings. The highest BCUT2D eigenvalue weighted by molar-refractivity contribution is 7.98. The normalized spacial score (nSPS) is 10.8. The molecular weight excluding hydrogens is 292 g/mol. The molecule has 0 aromatic carbocycles. The molecule has 0 bridgehead atoms. The molecule has 0 unspecified atom stereocenters. The van der Waals surface area contributed by atoms with Crippen LogP contribution in [-0.4, -0.2) is 41.3 Å². The molecule has 0 aliphatic heterocycles. The summed E-state index contributed by atoms with van der Waals surface area (Å²) in [5.41, 5.74) is 0.603. The van der Waals surface area contributed by atoms with Crippen LogP contribution in [0.1, 0.15) is 41.0 Å². The minimum atomic E-state index is -1.02. The van der Waals surface area contributed by atoms with E-state index in [9.17, 15) is 9.90 Å². The molecule has 0 fully saturated rings. The number of rotatable bonds is 6. The topological polar surface area (TPSA) is 107 Å². The minimum Gasteiger partial charge on any atom is -0.478 e. The second kappa shape index (κ2) is 6.61. The zero-order valence-electron chi connectivity index (χ0n) is 12.1. The Morgan fingerprint density at radius 2 is 2.10 bits per heavy atom. The maximum Gasteiger partial charge on any atom is 0.340 e. The maximum absolute atomic E-state index is 11.3. The van der Waals surface area contributed by atoms with Gasteiger partial charge in [0.25, 0.3) is 0 Å². The third-order valence-electron chi connectivity index (χ3n) is 2.76. The molecule has 0 saturated carbocycles. The number of carbonyl (C=O) groups is 1. The van der Waals surface area contributed by atoms with Crippen LogP contribution in [0.25, 0.3) is 0 Å².